The molecule has 0 saturated carbocycles. The monoisotopic (exact) mass is 604 g/mol. The molecule has 5 atom stereocenters. The van der Waals surface area contributed by atoms with E-state index in [0.29, 0.717) is 48.1 Å². The first-order chi connectivity index (χ1) is 21.3. The maximum Gasteiger partial charge on any atom is 0.319 e. The van der Waals surface area contributed by atoms with Crippen LogP contribution in [0.15, 0.2) is 30.3 Å². The van der Waals surface area contributed by atoms with Crippen molar-refractivity contribution in [3.8, 4) is 28.9 Å². The molecular weight excluding hydrogens is 573 g/mol. The molecule has 0 unspecified atom stereocenters. The van der Waals surface area contributed by atoms with Crippen LogP contribution in [0.4, 0.5) is 19.0 Å². The van der Waals surface area contributed by atoms with E-state index in [1.54, 1.807) is 0 Å². The number of phenolic OH excluding ortho intramolecular Hbond substituents is 1. The third kappa shape index (κ3) is 3.96. The molecule has 2 aromatic heterocycles. The highest BCUT2D eigenvalue weighted by atomic mass is 19.1. The Bertz CT molecular complexity index is 1840. The van der Waals surface area contributed by atoms with Gasteiger partial charge in [-0.15, -0.1) is 0 Å². The van der Waals surface area contributed by atoms with Crippen LogP contribution in [0.25, 0.3) is 32.9 Å². The minimum absolute atomic E-state index is 0.0105. The number of anilines is 1. The van der Waals surface area contributed by atoms with Crippen molar-refractivity contribution in [1.29, 1.82) is 0 Å². The summed E-state index contributed by atoms with van der Waals surface area (Å²) in [6.07, 6.45) is 3.27. The summed E-state index contributed by atoms with van der Waals surface area (Å²) in [5, 5.41) is 15.5. The third-order valence-corrected chi connectivity index (χ3v) is 10.3. The zero-order valence-electron chi connectivity index (χ0n) is 23.9. The average Bonchev–Trinajstić information content (AvgIpc) is 3.64. The number of nitrogens with zero attached hydrogens (tertiary/aromatic N) is 5. The maximum absolute atomic E-state index is 16.8. The molecule has 2 N–H and O–H groups in total. The summed E-state index contributed by atoms with van der Waals surface area (Å²) in [7, 11) is 0. The van der Waals surface area contributed by atoms with E-state index < -0.39 is 23.3 Å². The van der Waals surface area contributed by atoms with Gasteiger partial charge >= 0.3 is 6.01 Å². The number of hydrogen-bond donors (Lipinski definition) is 2. The molecule has 9 rings (SSSR count). The smallest absolute Gasteiger partial charge is 0.319 e. The van der Waals surface area contributed by atoms with Crippen LogP contribution in [0.1, 0.15) is 32.1 Å². The first kappa shape index (κ1) is 26.5. The fraction of sp³-hybridized carbons (Fsp3) is 0.469. The third-order valence-electron chi connectivity index (χ3n) is 10.3. The highest BCUT2D eigenvalue weighted by molar-refractivity contribution is 6.02. The van der Waals surface area contributed by atoms with Crippen LogP contribution in [-0.4, -0.2) is 87.6 Å². The van der Waals surface area contributed by atoms with Crippen molar-refractivity contribution in [2.45, 2.75) is 61.9 Å². The van der Waals surface area contributed by atoms with Crippen LogP contribution in [0.2, 0.25) is 0 Å². The second-order valence-corrected chi connectivity index (χ2v) is 12.9. The quantitative estimate of drug-likeness (QED) is 0.350. The number of hydrogen-bond acceptors (Lipinski definition) is 9. The Morgan fingerprint density at radius 3 is 2.93 bits per heavy atom. The van der Waals surface area contributed by atoms with Gasteiger partial charge in [-0.1, -0.05) is 6.07 Å². The van der Waals surface area contributed by atoms with E-state index in [-0.39, 0.29) is 59.1 Å². The fourth-order valence-electron chi connectivity index (χ4n) is 8.32. The molecule has 228 valence electrons. The number of alkyl halides is 1. The van der Waals surface area contributed by atoms with Crippen molar-refractivity contribution in [1.82, 2.24) is 25.2 Å². The van der Waals surface area contributed by atoms with E-state index in [1.807, 2.05) is 0 Å². The number of ether oxygens (including phenoxy) is 2. The summed E-state index contributed by atoms with van der Waals surface area (Å²) in [5.74, 6) is -0.683. The van der Waals surface area contributed by atoms with E-state index in [1.165, 1.54) is 30.3 Å². The largest absolute Gasteiger partial charge is 0.508 e. The summed E-state index contributed by atoms with van der Waals surface area (Å²) in [6, 6.07) is 7.35. The molecule has 2 bridgehead atoms. The van der Waals surface area contributed by atoms with Crippen LogP contribution in [0, 0.1) is 11.6 Å². The lowest BCUT2D eigenvalue weighted by Gasteiger charge is -2.40. The number of benzene rings is 2. The number of aromatic nitrogens is 3. The van der Waals surface area contributed by atoms with Gasteiger partial charge in [0.1, 0.15) is 53.4 Å². The average molecular weight is 605 g/mol. The summed E-state index contributed by atoms with van der Waals surface area (Å²) in [4.78, 5) is 18.4. The number of halogens is 3. The lowest BCUT2D eigenvalue weighted by atomic mass is 9.95. The van der Waals surface area contributed by atoms with Crippen LogP contribution < -0.4 is 19.7 Å². The Hall–Kier alpha value is -3.90. The first-order valence-corrected chi connectivity index (χ1v) is 15.4. The number of rotatable bonds is 4. The Kier molecular flexibility index (Phi) is 5.75. The molecule has 44 heavy (non-hydrogen) atoms. The van der Waals surface area contributed by atoms with Gasteiger partial charge in [-0.2, -0.15) is 9.97 Å². The number of piperazine rings is 1. The normalized spacial score (nSPS) is 29.1. The molecule has 9 nitrogen and oxygen atoms in total. The Balaban J connectivity index is 1.23. The number of aromatic hydroxyl groups is 1. The van der Waals surface area contributed by atoms with E-state index >= 15 is 4.39 Å². The molecule has 0 spiro atoms. The molecule has 5 aliphatic rings. The van der Waals surface area contributed by atoms with Gasteiger partial charge in [0.25, 0.3) is 0 Å². The van der Waals surface area contributed by atoms with E-state index in [2.05, 4.69) is 25.1 Å². The zero-order chi connectivity index (χ0) is 29.7. The molecule has 4 saturated heterocycles. The van der Waals surface area contributed by atoms with Gasteiger partial charge < -0.3 is 24.8 Å². The molecule has 4 fully saturated rings. The number of fused-ring (bicyclic) bond motifs is 7. The van der Waals surface area contributed by atoms with E-state index in [0.717, 1.165) is 32.2 Å². The van der Waals surface area contributed by atoms with Gasteiger partial charge in [-0.25, -0.2) is 18.2 Å². The van der Waals surface area contributed by atoms with E-state index in [4.69, 9.17) is 14.5 Å². The molecule has 0 radical (unpaired) electrons. The minimum Gasteiger partial charge on any atom is -0.508 e. The van der Waals surface area contributed by atoms with Gasteiger partial charge in [0, 0.05) is 37.2 Å². The topological polar surface area (TPSA) is 95.9 Å². The van der Waals surface area contributed by atoms with Crippen molar-refractivity contribution in [2.75, 3.05) is 37.7 Å². The lowest BCUT2D eigenvalue weighted by Crippen LogP contribution is -2.60. The number of nitrogens with one attached hydrogen (secondary N) is 1. The van der Waals surface area contributed by atoms with Crippen LogP contribution >= 0.6 is 0 Å². The summed E-state index contributed by atoms with van der Waals surface area (Å²) < 4.78 is 58.3. The molecule has 7 heterocycles. The van der Waals surface area contributed by atoms with E-state index in [9.17, 15) is 13.9 Å². The van der Waals surface area contributed by atoms with Crippen molar-refractivity contribution in [3.05, 3.63) is 42.0 Å². The van der Waals surface area contributed by atoms with Gasteiger partial charge in [-0.3, -0.25) is 4.90 Å². The van der Waals surface area contributed by atoms with Crippen molar-refractivity contribution in [2.24, 2.45) is 0 Å². The van der Waals surface area contributed by atoms with Crippen molar-refractivity contribution in [3.63, 3.8) is 0 Å². The summed E-state index contributed by atoms with van der Waals surface area (Å²) in [5.41, 5.74) is -0.362. The van der Waals surface area contributed by atoms with Gasteiger partial charge in [0.05, 0.1) is 11.6 Å². The standard InChI is InChI=1S/C32H31F3N6O3/c33-17-3-2-16-8-20(42)10-22(21(16)9-17)27-26(35)28-25-29(41-13-19-4-5-23(36-19)24(41)14-43-30(25)37-27)39-31(38-28)44-15-32-6-1-7-40(32)12-18(34)11-32/h2-3,8-10,18-19,23-24,36,42H,1,4-7,11-15H2/t18-,19-,23+,24-,32+/m1/s1. The molecule has 0 amide bonds. The van der Waals surface area contributed by atoms with Crippen LogP contribution in [0.5, 0.6) is 17.6 Å². The molecule has 2 aromatic carbocycles. The molecular formula is C32H31F3N6O3. The maximum atomic E-state index is 16.8. The highest BCUT2D eigenvalue weighted by Crippen LogP contribution is 2.45. The lowest BCUT2D eigenvalue weighted by molar-refractivity contribution is 0.107. The molecule has 12 heteroatoms. The van der Waals surface area contributed by atoms with Crippen molar-refractivity contribution >= 4 is 27.5 Å². The predicted molar refractivity (Wildman–Crippen MR) is 157 cm³/mol. The number of pyridine rings is 1. The van der Waals surface area contributed by atoms with Crippen LogP contribution in [-0.2, 0) is 0 Å². The van der Waals surface area contributed by atoms with Gasteiger partial charge in [0.15, 0.2) is 5.82 Å². The Morgan fingerprint density at radius 1 is 1.11 bits per heavy atom. The van der Waals surface area contributed by atoms with Gasteiger partial charge in [0.2, 0.25) is 5.88 Å². The first-order valence-electron chi connectivity index (χ1n) is 15.4. The van der Waals surface area contributed by atoms with Gasteiger partial charge in [-0.05, 0) is 67.3 Å². The minimum atomic E-state index is -0.911. The molecule has 0 aliphatic carbocycles. The summed E-state index contributed by atoms with van der Waals surface area (Å²) in [6.45, 7) is 2.38. The second kappa shape index (κ2) is 9.55. The molecule has 4 aromatic rings. The fourth-order valence-corrected chi connectivity index (χ4v) is 8.32. The Morgan fingerprint density at radius 2 is 2.02 bits per heavy atom. The summed E-state index contributed by atoms with van der Waals surface area (Å²) >= 11 is 0. The SMILES string of the molecule is Oc1cc(-c2nc3c4c(nc(OC[C@@]56CCCN5C[C@H](F)C6)nc4c2F)N2C[C@H]4CC[C@H](N4)[C@H]2CO3)c2cc(F)ccc2c1. The second-order valence-electron chi connectivity index (χ2n) is 12.9. The van der Waals surface area contributed by atoms with Crippen LogP contribution in [0.3, 0.4) is 0 Å². The Labute approximate surface area is 251 Å². The van der Waals surface area contributed by atoms with Crippen molar-refractivity contribution < 1.29 is 27.8 Å². The molecule has 5 aliphatic heterocycles. The predicted octanol–water partition coefficient (Wildman–Crippen LogP) is 4.49. The number of phenols is 1. The zero-order valence-corrected chi connectivity index (χ0v) is 23.9. The highest BCUT2D eigenvalue weighted by Gasteiger charge is 2.50.